The first-order valence-electron chi connectivity index (χ1n) is 6.41. The van der Waals surface area contributed by atoms with E-state index in [9.17, 15) is 9.59 Å². The molecule has 0 fully saturated rings. The minimum Gasteiger partial charge on any atom is -0.267 e. The van der Waals surface area contributed by atoms with Crippen LogP contribution in [0, 0.1) is 13.8 Å². The highest BCUT2D eigenvalue weighted by atomic mass is 32.1. The molecule has 0 aliphatic carbocycles. The molecule has 3 aromatic rings. The Bertz CT molecular complexity index is 878. The van der Waals surface area contributed by atoms with Crippen LogP contribution in [0.3, 0.4) is 0 Å². The van der Waals surface area contributed by atoms with Gasteiger partial charge in [0.1, 0.15) is 10.7 Å². The fraction of sp³-hybridized carbons (Fsp3) is 0.133. The van der Waals surface area contributed by atoms with E-state index < -0.39 is 0 Å². The van der Waals surface area contributed by atoms with Crippen molar-refractivity contribution in [1.29, 1.82) is 0 Å². The van der Waals surface area contributed by atoms with E-state index in [0.29, 0.717) is 21.6 Å². The van der Waals surface area contributed by atoms with Crippen LogP contribution in [-0.2, 0) is 0 Å². The lowest BCUT2D eigenvalue weighted by Crippen LogP contribution is -2.35. The van der Waals surface area contributed by atoms with Gasteiger partial charge in [-0.05, 0) is 37.4 Å². The van der Waals surface area contributed by atoms with Crippen molar-refractivity contribution in [2.45, 2.75) is 13.8 Å². The Hall–Kier alpha value is -2.47. The number of rotatable bonds is 2. The van der Waals surface area contributed by atoms with Crippen LogP contribution < -0.4 is 11.0 Å². The van der Waals surface area contributed by atoms with Crippen LogP contribution in [0.25, 0.3) is 10.2 Å². The number of hydrogen-bond acceptors (Lipinski definition) is 4. The molecule has 0 radical (unpaired) electrons. The van der Waals surface area contributed by atoms with Crippen LogP contribution in [0.2, 0.25) is 0 Å². The number of fused-ring (bicyclic) bond motifs is 1. The van der Waals surface area contributed by atoms with Crippen molar-refractivity contribution < 1.29 is 4.79 Å². The van der Waals surface area contributed by atoms with Gasteiger partial charge in [0.25, 0.3) is 11.5 Å². The molecular weight excluding hydrogens is 286 g/mol. The minimum atomic E-state index is -0.337. The Morgan fingerprint density at radius 3 is 2.62 bits per heavy atom. The zero-order valence-electron chi connectivity index (χ0n) is 11.6. The fourth-order valence-electron chi connectivity index (χ4n) is 2.02. The molecule has 0 aliphatic rings. The lowest BCUT2D eigenvalue weighted by atomic mass is 10.1. The molecule has 0 bridgehead atoms. The van der Waals surface area contributed by atoms with Gasteiger partial charge in [0.2, 0.25) is 0 Å². The summed E-state index contributed by atoms with van der Waals surface area (Å²) >= 11 is 1.40. The monoisotopic (exact) mass is 299 g/mol. The van der Waals surface area contributed by atoms with Gasteiger partial charge in [-0.3, -0.25) is 15.0 Å². The van der Waals surface area contributed by atoms with E-state index >= 15 is 0 Å². The second-order valence-electron chi connectivity index (χ2n) is 4.75. The average Bonchev–Trinajstić information content (AvgIpc) is 2.92. The van der Waals surface area contributed by atoms with E-state index in [1.54, 1.807) is 25.1 Å². The number of amides is 1. The largest absolute Gasteiger partial charge is 0.281 e. The number of carbonyl (C=O) groups is 1. The van der Waals surface area contributed by atoms with Gasteiger partial charge in [-0.25, -0.2) is 9.66 Å². The van der Waals surface area contributed by atoms with E-state index in [2.05, 4.69) is 10.4 Å². The molecule has 1 amide bonds. The molecule has 1 aromatic carbocycles. The number of nitrogens with zero attached hydrogens (tertiary/aromatic N) is 2. The van der Waals surface area contributed by atoms with Crippen LogP contribution in [-0.4, -0.2) is 15.6 Å². The second kappa shape index (κ2) is 5.14. The van der Waals surface area contributed by atoms with Crippen molar-refractivity contribution in [2.24, 2.45) is 0 Å². The van der Waals surface area contributed by atoms with Gasteiger partial charge in [-0.15, -0.1) is 11.3 Å². The summed E-state index contributed by atoms with van der Waals surface area (Å²) in [5.41, 5.74) is 3.91. The molecule has 0 aliphatic heterocycles. The highest BCUT2D eigenvalue weighted by Gasteiger charge is 2.12. The summed E-state index contributed by atoms with van der Waals surface area (Å²) in [6.45, 7) is 3.64. The van der Waals surface area contributed by atoms with Crippen molar-refractivity contribution in [3.8, 4) is 0 Å². The predicted molar refractivity (Wildman–Crippen MR) is 83.5 cm³/mol. The Kier molecular flexibility index (Phi) is 3.31. The third-order valence-electron chi connectivity index (χ3n) is 3.19. The van der Waals surface area contributed by atoms with E-state index in [1.165, 1.54) is 16.0 Å². The predicted octanol–water partition coefficient (Wildman–Crippen LogP) is 2.46. The molecule has 0 saturated carbocycles. The first-order chi connectivity index (χ1) is 10.1. The number of aryl methyl sites for hydroxylation is 2. The highest BCUT2D eigenvalue weighted by molar-refractivity contribution is 7.16. The molecule has 3 rings (SSSR count). The van der Waals surface area contributed by atoms with Crippen LogP contribution in [0.4, 0.5) is 0 Å². The molecule has 0 atom stereocenters. The van der Waals surface area contributed by atoms with Crippen LogP contribution >= 0.6 is 11.3 Å². The topological polar surface area (TPSA) is 64.0 Å². The van der Waals surface area contributed by atoms with E-state index in [0.717, 1.165) is 5.56 Å². The average molecular weight is 299 g/mol. The van der Waals surface area contributed by atoms with Gasteiger partial charge >= 0.3 is 0 Å². The highest BCUT2D eigenvalue weighted by Crippen LogP contribution is 2.14. The lowest BCUT2D eigenvalue weighted by Gasteiger charge is -2.11. The molecule has 5 nitrogen and oxygen atoms in total. The van der Waals surface area contributed by atoms with Crippen molar-refractivity contribution in [3.63, 3.8) is 0 Å². The summed E-state index contributed by atoms with van der Waals surface area (Å²) in [7, 11) is 0. The van der Waals surface area contributed by atoms with Crippen molar-refractivity contribution in [3.05, 3.63) is 63.0 Å². The number of carbonyl (C=O) groups excluding carboxylic acids is 1. The Morgan fingerprint density at radius 1 is 1.19 bits per heavy atom. The van der Waals surface area contributed by atoms with Gasteiger partial charge in [-0.2, -0.15) is 0 Å². The van der Waals surface area contributed by atoms with E-state index in [-0.39, 0.29) is 11.5 Å². The smallest absolute Gasteiger partial charge is 0.267 e. The zero-order chi connectivity index (χ0) is 15.0. The molecule has 0 spiro atoms. The summed E-state index contributed by atoms with van der Waals surface area (Å²) in [6, 6.07) is 8.86. The van der Waals surface area contributed by atoms with Crippen LogP contribution in [0.1, 0.15) is 21.7 Å². The Labute approximate surface area is 124 Å². The first-order valence-corrected chi connectivity index (χ1v) is 7.29. The van der Waals surface area contributed by atoms with E-state index in [1.807, 2.05) is 24.4 Å². The molecule has 2 aromatic heterocycles. The summed E-state index contributed by atoms with van der Waals surface area (Å²) in [5.74, 6) is 0.118. The molecule has 0 saturated heterocycles. The summed E-state index contributed by atoms with van der Waals surface area (Å²) in [6.07, 6.45) is 0. The maximum atomic E-state index is 12.3. The van der Waals surface area contributed by atoms with Gasteiger partial charge in [-0.1, -0.05) is 17.7 Å². The molecule has 0 unspecified atom stereocenters. The molecule has 1 N–H and O–H groups in total. The van der Waals surface area contributed by atoms with Crippen LogP contribution in [0.5, 0.6) is 0 Å². The molecular formula is C15H13N3O2S. The Morgan fingerprint density at radius 2 is 1.90 bits per heavy atom. The van der Waals surface area contributed by atoms with Crippen LogP contribution in [0.15, 0.2) is 40.5 Å². The standard InChI is InChI=1S/C15H13N3O2S/c1-9-3-5-11(6-4-9)13(19)17-18-10(2)16-14-12(15(18)20)7-8-21-14/h3-8H,1-2H3,(H,17,19). The third-order valence-corrected chi connectivity index (χ3v) is 4.00. The fourth-order valence-corrected chi connectivity index (χ4v) is 2.82. The zero-order valence-corrected chi connectivity index (χ0v) is 12.4. The molecule has 106 valence electrons. The van der Waals surface area contributed by atoms with Gasteiger partial charge in [0, 0.05) is 5.56 Å². The van der Waals surface area contributed by atoms with Crippen molar-refractivity contribution in [2.75, 3.05) is 5.43 Å². The number of hydrogen-bond donors (Lipinski definition) is 1. The third kappa shape index (κ3) is 2.45. The minimum absolute atomic E-state index is 0.265. The van der Waals surface area contributed by atoms with Gasteiger partial charge < -0.3 is 0 Å². The van der Waals surface area contributed by atoms with Gasteiger partial charge in [0.05, 0.1) is 5.39 Å². The molecule has 6 heteroatoms. The van der Waals surface area contributed by atoms with Crippen molar-refractivity contribution >= 4 is 27.5 Å². The first kappa shape index (κ1) is 13.5. The molecule has 2 heterocycles. The second-order valence-corrected chi connectivity index (χ2v) is 5.64. The van der Waals surface area contributed by atoms with Gasteiger partial charge in [0.15, 0.2) is 0 Å². The number of aromatic nitrogens is 2. The maximum Gasteiger partial charge on any atom is 0.281 e. The number of thiophene rings is 1. The van der Waals surface area contributed by atoms with Crippen molar-refractivity contribution in [1.82, 2.24) is 9.66 Å². The number of nitrogens with one attached hydrogen (secondary N) is 1. The normalized spacial score (nSPS) is 10.8. The Balaban J connectivity index is 1.99. The lowest BCUT2D eigenvalue weighted by molar-refractivity contribution is 0.101. The van der Waals surface area contributed by atoms with E-state index in [4.69, 9.17) is 0 Å². The quantitative estimate of drug-likeness (QED) is 0.790. The summed E-state index contributed by atoms with van der Waals surface area (Å²) in [5, 5.41) is 2.32. The summed E-state index contributed by atoms with van der Waals surface area (Å²) < 4.78 is 1.19. The number of benzene rings is 1. The summed E-state index contributed by atoms with van der Waals surface area (Å²) in [4.78, 5) is 29.6. The maximum absolute atomic E-state index is 12.3. The molecule has 21 heavy (non-hydrogen) atoms. The SMILES string of the molecule is Cc1ccc(C(=O)Nn2c(C)nc3sccc3c2=O)cc1.